The highest BCUT2D eigenvalue weighted by atomic mass is 79.9. The van der Waals surface area contributed by atoms with Gasteiger partial charge < -0.3 is 10.6 Å². The van der Waals surface area contributed by atoms with Gasteiger partial charge in [0, 0.05) is 23.5 Å². The van der Waals surface area contributed by atoms with Crippen molar-refractivity contribution in [3.8, 4) is 0 Å². The second kappa shape index (κ2) is 9.72. The quantitative estimate of drug-likeness (QED) is 0.614. The molecule has 0 bridgehead atoms. The number of nitrogens with two attached hydrogens (primary N) is 1. The lowest BCUT2D eigenvalue weighted by Gasteiger charge is -2.33. The SMILES string of the molecule is NC(=O)C1CCN(C(=O)[C@@H](Cc2ccccc2)NS(=O)(=O)c2ccc(Br)cc2)CC1. The minimum atomic E-state index is -3.90. The van der Waals surface area contributed by atoms with Crippen LogP contribution in [0, 0.1) is 5.92 Å². The Morgan fingerprint density at radius 1 is 1.07 bits per heavy atom. The first kappa shape index (κ1) is 22.5. The first-order chi connectivity index (χ1) is 14.3. The second-order valence-corrected chi connectivity index (χ2v) is 9.95. The molecule has 1 atom stereocenters. The number of hydrogen-bond donors (Lipinski definition) is 2. The number of sulfonamides is 1. The van der Waals surface area contributed by atoms with E-state index in [4.69, 9.17) is 5.73 Å². The number of piperidine rings is 1. The molecule has 0 spiro atoms. The lowest BCUT2D eigenvalue weighted by Crippen LogP contribution is -2.52. The Balaban J connectivity index is 1.80. The van der Waals surface area contributed by atoms with Crippen LogP contribution in [0.25, 0.3) is 0 Å². The molecular weight excluding hydrogens is 470 g/mol. The van der Waals surface area contributed by atoms with Crippen LogP contribution in [0.1, 0.15) is 18.4 Å². The van der Waals surface area contributed by atoms with Gasteiger partial charge in [-0.05, 0) is 49.1 Å². The van der Waals surface area contributed by atoms with Crippen LogP contribution >= 0.6 is 15.9 Å². The Hall–Kier alpha value is -2.23. The van der Waals surface area contributed by atoms with E-state index in [0.29, 0.717) is 25.9 Å². The molecule has 1 heterocycles. The summed E-state index contributed by atoms with van der Waals surface area (Å²) in [7, 11) is -3.90. The van der Waals surface area contributed by atoms with Crippen molar-refractivity contribution in [2.75, 3.05) is 13.1 Å². The van der Waals surface area contributed by atoms with Gasteiger partial charge in [-0.2, -0.15) is 4.72 Å². The van der Waals surface area contributed by atoms with E-state index < -0.39 is 16.1 Å². The molecule has 7 nitrogen and oxygen atoms in total. The molecular formula is C21H24BrN3O4S. The number of nitrogens with one attached hydrogen (secondary N) is 1. The molecule has 0 saturated carbocycles. The van der Waals surface area contributed by atoms with Crippen molar-refractivity contribution in [2.45, 2.75) is 30.2 Å². The zero-order valence-electron chi connectivity index (χ0n) is 16.3. The Morgan fingerprint density at radius 3 is 2.23 bits per heavy atom. The van der Waals surface area contributed by atoms with Gasteiger partial charge in [0.2, 0.25) is 21.8 Å². The number of rotatable bonds is 7. The number of nitrogens with zero attached hydrogens (tertiary/aromatic N) is 1. The summed E-state index contributed by atoms with van der Waals surface area (Å²) < 4.78 is 29.2. The van der Waals surface area contributed by atoms with Gasteiger partial charge in [-0.1, -0.05) is 46.3 Å². The summed E-state index contributed by atoms with van der Waals surface area (Å²) in [6.07, 6.45) is 1.20. The summed E-state index contributed by atoms with van der Waals surface area (Å²) >= 11 is 3.29. The molecule has 160 valence electrons. The normalized spacial score (nSPS) is 16.2. The van der Waals surface area contributed by atoms with Gasteiger partial charge in [0.1, 0.15) is 6.04 Å². The number of carbonyl (C=O) groups is 2. The summed E-state index contributed by atoms with van der Waals surface area (Å²) in [6, 6.07) is 14.5. The molecule has 1 saturated heterocycles. The van der Waals surface area contributed by atoms with Crippen molar-refractivity contribution in [1.29, 1.82) is 0 Å². The van der Waals surface area contributed by atoms with Crippen LogP contribution in [0.15, 0.2) is 64.0 Å². The average Bonchev–Trinajstić information content (AvgIpc) is 2.74. The molecule has 1 aliphatic rings. The first-order valence-electron chi connectivity index (χ1n) is 9.66. The number of amides is 2. The maximum Gasteiger partial charge on any atom is 0.241 e. The Morgan fingerprint density at radius 2 is 1.67 bits per heavy atom. The fraction of sp³-hybridized carbons (Fsp3) is 0.333. The van der Waals surface area contributed by atoms with E-state index in [1.807, 2.05) is 30.3 Å². The van der Waals surface area contributed by atoms with Crippen LogP contribution in [0.5, 0.6) is 0 Å². The molecule has 30 heavy (non-hydrogen) atoms. The third-order valence-corrected chi connectivity index (χ3v) is 7.23. The van der Waals surface area contributed by atoms with Gasteiger partial charge in [0.25, 0.3) is 0 Å². The molecule has 1 fully saturated rings. The molecule has 9 heteroatoms. The third-order valence-electron chi connectivity index (χ3n) is 5.21. The molecule has 0 unspecified atom stereocenters. The molecule has 2 amide bonds. The number of primary amides is 1. The fourth-order valence-corrected chi connectivity index (χ4v) is 4.96. The van der Waals surface area contributed by atoms with Crippen molar-refractivity contribution in [2.24, 2.45) is 11.7 Å². The number of carbonyl (C=O) groups excluding carboxylic acids is 2. The zero-order valence-corrected chi connectivity index (χ0v) is 18.7. The summed E-state index contributed by atoms with van der Waals surface area (Å²) in [4.78, 5) is 26.3. The van der Waals surface area contributed by atoms with Gasteiger partial charge in [0.15, 0.2) is 0 Å². The number of benzene rings is 2. The minimum absolute atomic E-state index is 0.0870. The van der Waals surface area contributed by atoms with Crippen molar-refractivity contribution < 1.29 is 18.0 Å². The Kier molecular flexibility index (Phi) is 7.27. The lowest BCUT2D eigenvalue weighted by molar-refractivity contribution is -0.136. The van der Waals surface area contributed by atoms with Gasteiger partial charge in [0.05, 0.1) is 4.90 Å². The molecule has 0 radical (unpaired) electrons. The van der Waals surface area contributed by atoms with Crippen LogP contribution in [-0.2, 0) is 26.0 Å². The topological polar surface area (TPSA) is 110 Å². The largest absolute Gasteiger partial charge is 0.369 e. The maximum absolute atomic E-state index is 13.2. The predicted octanol–water partition coefficient (Wildman–Crippen LogP) is 2.06. The van der Waals surface area contributed by atoms with Crippen molar-refractivity contribution in [3.63, 3.8) is 0 Å². The number of hydrogen-bond acceptors (Lipinski definition) is 4. The van der Waals surface area contributed by atoms with Crippen LogP contribution in [0.4, 0.5) is 0 Å². The van der Waals surface area contributed by atoms with Gasteiger partial charge in [-0.25, -0.2) is 8.42 Å². The van der Waals surface area contributed by atoms with E-state index in [0.717, 1.165) is 10.0 Å². The Bertz CT molecular complexity index is 989. The summed E-state index contributed by atoms with van der Waals surface area (Å²) in [6.45, 7) is 0.746. The van der Waals surface area contributed by atoms with Crippen LogP contribution in [0.3, 0.4) is 0 Å². The maximum atomic E-state index is 13.2. The standard InChI is InChI=1S/C21H24BrN3O4S/c22-17-6-8-18(9-7-17)30(28,29)24-19(14-15-4-2-1-3-5-15)21(27)25-12-10-16(11-13-25)20(23)26/h1-9,16,19,24H,10-14H2,(H2,23,26)/t19-/m1/s1. The molecule has 1 aliphatic heterocycles. The molecule has 3 N–H and O–H groups in total. The second-order valence-electron chi connectivity index (χ2n) is 7.32. The summed E-state index contributed by atoms with van der Waals surface area (Å²) in [5.74, 6) is -0.914. The average molecular weight is 494 g/mol. The van der Waals surface area contributed by atoms with Crippen LogP contribution < -0.4 is 10.5 Å². The highest BCUT2D eigenvalue weighted by Crippen LogP contribution is 2.20. The molecule has 2 aromatic rings. The van der Waals surface area contributed by atoms with Crippen LogP contribution in [-0.4, -0.2) is 44.3 Å². The lowest BCUT2D eigenvalue weighted by atomic mass is 9.95. The predicted molar refractivity (Wildman–Crippen MR) is 117 cm³/mol. The molecule has 2 aromatic carbocycles. The molecule has 0 aromatic heterocycles. The van der Waals surface area contributed by atoms with Crippen LogP contribution in [0.2, 0.25) is 0 Å². The highest BCUT2D eigenvalue weighted by molar-refractivity contribution is 9.10. The van der Waals surface area contributed by atoms with Crippen molar-refractivity contribution in [1.82, 2.24) is 9.62 Å². The fourth-order valence-electron chi connectivity index (χ4n) is 3.50. The van der Waals surface area contributed by atoms with Gasteiger partial charge in [-0.3, -0.25) is 9.59 Å². The first-order valence-corrected chi connectivity index (χ1v) is 11.9. The number of halogens is 1. The zero-order chi connectivity index (χ0) is 21.7. The third kappa shape index (κ3) is 5.68. The van der Waals surface area contributed by atoms with Crippen molar-refractivity contribution in [3.05, 3.63) is 64.6 Å². The smallest absolute Gasteiger partial charge is 0.241 e. The van der Waals surface area contributed by atoms with Gasteiger partial charge in [-0.15, -0.1) is 0 Å². The van der Waals surface area contributed by atoms with E-state index >= 15 is 0 Å². The van der Waals surface area contributed by atoms with Crippen molar-refractivity contribution >= 4 is 37.8 Å². The van der Waals surface area contributed by atoms with E-state index in [-0.39, 0.29) is 29.0 Å². The minimum Gasteiger partial charge on any atom is -0.369 e. The van der Waals surface area contributed by atoms with Gasteiger partial charge >= 0.3 is 0 Å². The number of likely N-dealkylation sites (tertiary alicyclic amines) is 1. The highest BCUT2D eigenvalue weighted by Gasteiger charge is 2.32. The van der Waals surface area contributed by atoms with E-state index in [2.05, 4.69) is 20.7 Å². The van der Waals surface area contributed by atoms with E-state index in [1.54, 1.807) is 17.0 Å². The molecule has 3 rings (SSSR count). The van der Waals surface area contributed by atoms with E-state index in [1.165, 1.54) is 12.1 Å². The summed E-state index contributed by atoms with van der Waals surface area (Å²) in [5, 5.41) is 0. The summed E-state index contributed by atoms with van der Waals surface area (Å²) in [5.41, 5.74) is 6.22. The monoisotopic (exact) mass is 493 g/mol. The van der Waals surface area contributed by atoms with E-state index in [9.17, 15) is 18.0 Å². The molecule has 0 aliphatic carbocycles. The Labute approximate surface area is 184 Å².